The first-order valence-corrected chi connectivity index (χ1v) is 5.97. The first-order chi connectivity index (χ1) is 8.09. The molecule has 0 saturated heterocycles. The third-order valence-corrected chi connectivity index (χ3v) is 3.28. The Morgan fingerprint density at radius 3 is 2.47 bits per heavy atom. The molecular weight excluding hydrogens is 212 g/mol. The van der Waals surface area contributed by atoms with E-state index in [2.05, 4.69) is 6.58 Å². The summed E-state index contributed by atoms with van der Waals surface area (Å²) >= 11 is 0. The molecule has 0 heterocycles. The normalized spacial score (nSPS) is 23.9. The monoisotopic (exact) mass is 230 g/mol. The molecule has 1 aromatic rings. The molecule has 0 aliphatic heterocycles. The average Bonchev–Trinajstić information content (AvgIpc) is 3.07. The van der Waals surface area contributed by atoms with E-state index >= 15 is 0 Å². The Morgan fingerprint density at radius 2 is 2.00 bits per heavy atom. The molecule has 0 radical (unpaired) electrons. The molecule has 2 heteroatoms. The van der Waals surface area contributed by atoms with Crippen LogP contribution in [0, 0.1) is 11.8 Å². The van der Waals surface area contributed by atoms with Crippen molar-refractivity contribution >= 4 is 5.97 Å². The van der Waals surface area contributed by atoms with Gasteiger partial charge in [-0.05, 0) is 24.8 Å². The lowest BCUT2D eigenvalue weighted by molar-refractivity contribution is -0.148. The third kappa shape index (κ3) is 2.76. The van der Waals surface area contributed by atoms with Gasteiger partial charge in [0, 0.05) is 12.8 Å². The molecule has 17 heavy (non-hydrogen) atoms. The van der Waals surface area contributed by atoms with Gasteiger partial charge in [-0.1, -0.05) is 42.5 Å². The second kappa shape index (κ2) is 4.74. The van der Waals surface area contributed by atoms with Gasteiger partial charge in [0.2, 0.25) is 0 Å². The second-order valence-corrected chi connectivity index (χ2v) is 4.79. The lowest BCUT2D eigenvalue weighted by Gasteiger charge is -2.17. The molecule has 1 saturated carbocycles. The van der Waals surface area contributed by atoms with Gasteiger partial charge in [-0.15, -0.1) is 0 Å². The summed E-state index contributed by atoms with van der Waals surface area (Å²) in [6.45, 7) is 7.49. The van der Waals surface area contributed by atoms with Crippen LogP contribution in [0.15, 0.2) is 42.5 Å². The largest absolute Gasteiger partial charge is 0.457 e. The number of hydrogen-bond acceptors (Lipinski definition) is 2. The van der Waals surface area contributed by atoms with Crippen molar-refractivity contribution in [3.8, 4) is 0 Å². The number of hydrogen-bond donors (Lipinski definition) is 0. The van der Waals surface area contributed by atoms with Crippen molar-refractivity contribution < 1.29 is 9.53 Å². The third-order valence-electron chi connectivity index (χ3n) is 3.28. The van der Waals surface area contributed by atoms with Crippen LogP contribution < -0.4 is 0 Å². The van der Waals surface area contributed by atoms with E-state index in [-0.39, 0.29) is 12.1 Å². The number of allylic oxidation sites excluding steroid dienone is 1. The Balaban J connectivity index is 2.16. The predicted molar refractivity (Wildman–Crippen MR) is 67.4 cm³/mol. The van der Waals surface area contributed by atoms with E-state index in [1.54, 1.807) is 0 Å². The van der Waals surface area contributed by atoms with Gasteiger partial charge in [-0.3, -0.25) is 4.79 Å². The quantitative estimate of drug-likeness (QED) is 0.584. The van der Waals surface area contributed by atoms with E-state index < -0.39 is 0 Å². The molecule has 2 rings (SSSR count). The maximum atomic E-state index is 11.2. The van der Waals surface area contributed by atoms with Crippen LogP contribution in [0.2, 0.25) is 0 Å². The molecule has 0 spiro atoms. The molecule has 2 nitrogen and oxygen atoms in total. The molecule has 3 atom stereocenters. The highest BCUT2D eigenvalue weighted by Crippen LogP contribution is 2.52. The lowest BCUT2D eigenvalue weighted by atomic mass is 10.0. The van der Waals surface area contributed by atoms with Crippen molar-refractivity contribution in [2.24, 2.45) is 11.8 Å². The molecule has 1 aliphatic carbocycles. The van der Waals surface area contributed by atoms with Gasteiger partial charge in [-0.25, -0.2) is 0 Å². The zero-order valence-corrected chi connectivity index (χ0v) is 10.3. The number of carbonyl (C=O) groups excluding carboxylic acids is 1. The summed E-state index contributed by atoms with van der Waals surface area (Å²) in [6, 6.07) is 9.95. The van der Waals surface area contributed by atoms with Crippen molar-refractivity contribution in [2.45, 2.75) is 26.4 Å². The Labute approximate surface area is 102 Å². The zero-order chi connectivity index (χ0) is 12.4. The van der Waals surface area contributed by atoms with Gasteiger partial charge in [0.05, 0.1) is 0 Å². The molecule has 1 aromatic carbocycles. The van der Waals surface area contributed by atoms with Gasteiger partial charge in [-0.2, -0.15) is 0 Å². The summed E-state index contributed by atoms with van der Waals surface area (Å²) in [6.07, 6.45) is 0.956. The Morgan fingerprint density at radius 1 is 1.35 bits per heavy atom. The fraction of sp³-hybridized carbons (Fsp3) is 0.400. The van der Waals surface area contributed by atoms with Gasteiger partial charge in [0.15, 0.2) is 0 Å². The Kier molecular flexibility index (Phi) is 3.32. The molecular formula is C15H18O2. The van der Waals surface area contributed by atoms with Gasteiger partial charge >= 0.3 is 5.97 Å². The standard InChI is InChI=1S/C15H18O2/c1-10(2)13-9-14(13)15(17-11(3)16)12-7-5-4-6-8-12/h4-8,13-15H,1,9H2,2-3H3/t13-,14-,15-/m1/s1. The number of ether oxygens (including phenoxy) is 1. The maximum Gasteiger partial charge on any atom is 0.303 e. The Hall–Kier alpha value is -1.57. The highest BCUT2D eigenvalue weighted by atomic mass is 16.5. The molecule has 0 aromatic heterocycles. The number of carbonyl (C=O) groups is 1. The summed E-state index contributed by atoms with van der Waals surface area (Å²) < 4.78 is 5.46. The number of rotatable bonds is 4. The molecule has 0 bridgehead atoms. The molecule has 1 fully saturated rings. The first kappa shape index (κ1) is 11.9. The lowest BCUT2D eigenvalue weighted by Crippen LogP contribution is -2.11. The minimum absolute atomic E-state index is 0.115. The summed E-state index contributed by atoms with van der Waals surface area (Å²) in [5.74, 6) is 0.685. The number of benzene rings is 1. The van der Waals surface area contributed by atoms with E-state index in [4.69, 9.17) is 4.74 Å². The Bertz CT molecular complexity index is 422. The van der Waals surface area contributed by atoms with Gasteiger partial charge in [0.25, 0.3) is 0 Å². The predicted octanol–water partition coefficient (Wildman–Crippen LogP) is 3.50. The summed E-state index contributed by atoms with van der Waals surface area (Å²) in [7, 11) is 0. The topological polar surface area (TPSA) is 26.3 Å². The van der Waals surface area contributed by atoms with Crippen molar-refractivity contribution in [3.63, 3.8) is 0 Å². The van der Waals surface area contributed by atoms with E-state index in [9.17, 15) is 4.79 Å². The van der Waals surface area contributed by atoms with E-state index in [1.807, 2.05) is 37.3 Å². The van der Waals surface area contributed by atoms with E-state index in [0.29, 0.717) is 11.8 Å². The highest BCUT2D eigenvalue weighted by molar-refractivity contribution is 5.66. The van der Waals surface area contributed by atoms with Crippen LogP contribution in [0.3, 0.4) is 0 Å². The van der Waals surface area contributed by atoms with Gasteiger partial charge in [0.1, 0.15) is 6.10 Å². The van der Waals surface area contributed by atoms with Crippen LogP contribution in [0.5, 0.6) is 0 Å². The fourth-order valence-corrected chi connectivity index (χ4v) is 2.34. The first-order valence-electron chi connectivity index (χ1n) is 5.97. The summed E-state index contributed by atoms with van der Waals surface area (Å²) in [5.41, 5.74) is 2.26. The minimum Gasteiger partial charge on any atom is -0.457 e. The van der Waals surface area contributed by atoms with Gasteiger partial charge < -0.3 is 4.74 Å². The molecule has 0 unspecified atom stereocenters. The average molecular weight is 230 g/mol. The van der Waals surface area contributed by atoms with Crippen molar-refractivity contribution in [2.75, 3.05) is 0 Å². The van der Waals surface area contributed by atoms with Crippen LogP contribution in [-0.2, 0) is 9.53 Å². The van der Waals surface area contributed by atoms with Crippen LogP contribution in [-0.4, -0.2) is 5.97 Å². The van der Waals surface area contributed by atoms with Crippen molar-refractivity contribution in [1.29, 1.82) is 0 Å². The van der Waals surface area contributed by atoms with E-state index in [1.165, 1.54) is 12.5 Å². The maximum absolute atomic E-state index is 11.2. The molecule has 1 aliphatic rings. The SMILES string of the molecule is C=C(C)[C@H]1C[C@H]1[C@H](OC(C)=O)c1ccccc1. The van der Waals surface area contributed by atoms with Crippen LogP contribution in [0.25, 0.3) is 0 Å². The van der Waals surface area contributed by atoms with Crippen LogP contribution in [0.1, 0.15) is 31.9 Å². The highest BCUT2D eigenvalue weighted by Gasteiger charge is 2.45. The fourth-order valence-electron chi connectivity index (χ4n) is 2.34. The van der Waals surface area contributed by atoms with Crippen molar-refractivity contribution in [1.82, 2.24) is 0 Å². The molecule has 90 valence electrons. The molecule has 0 N–H and O–H groups in total. The molecule has 0 amide bonds. The number of esters is 1. The summed E-state index contributed by atoms with van der Waals surface area (Å²) in [4.78, 5) is 11.2. The smallest absolute Gasteiger partial charge is 0.303 e. The van der Waals surface area contributed by atoms with Crippen LogP contribution in [0.4, 0.5) is 0 Å². The second-order valence-electron chi connectivity index (χ2n) is 4.79. The minimum atomic E-state index is -0.216. The summed E-state index contributed by atoms with van der Waals surface area (Å²) in [5, 5.41) is 0. The zero-order valence-electron chi connectivity index (χ0n) is 10.3. The van der Waals surface area contributed by atoms with Crippen molar-refractivity contribution in [3.05, 3.63) is 48.0 Å². The van der Waals surface area contributed by atoms with E-state index in [0.717, 1.165) is 12.0 Å². The van der Waals surface area contributed by atoms with Crippen LogP contribution >= 0.6 is 0 Å².